The molecule has 0 aliphatic rings. The normalized spacial score (nSPS) is 13.0. The zero-order chi connectivity index (χ0) is 7.56. The van der Waals surface area contributed by atoms with Crippen molar-refractivity contribution in [2.75, 3.05) is 0 Å². The lowest BCUT2D eigenvalue weighted by atomic mass is 10.4. The molecule has 1 N–H and O–H groups in total. The molecule has 1 aromatic rings. The van der Waals surface area contributed by atoms with E-state index < -0.39 is 8.03 Å². The third kappa shape index (κ3) is 1.84. The zero-order valence-corrected chi connectivity index (χ0v) is 6.80. The Morgan fingerprint density at radius 3 is 2.20 bits per heavy atom. The molecular formula is C6H6ClO2P. The summed E-state index contributed by atoms with van der Waals surface area (Å²) in [5.41, 5.74) is 0. The first kappa shape index (κ1) is 7.80. The second kappa shape index (κ2) is 3.20. The van der Waals surface area contributed by atoms with Gasteiger partial charge in [0, 0.05) is 10.3 Å². The summed E-state index contributed by atoms with van der Waals surface area (Å²) in [5.74, 6) is 0. The van der Waals surface area contributed by atoms with E-state index in [9.17, 15) is 4.57 Å². The minimum Gasteiger partial charge on any atom is -0.343 e. The van der Waals surface area contributed by atoms with Crippen molar-refractivity contribution in [1.29, 1.82) is 0 Å². The average molecular weight is 177 g/mol. The molecule has 0 spiro atoms. The van der Waals surface area contributed by atoms with Crippen molar-refractivity contribution in [3.8, 4) is 0 Å². The highest BCUT2D eigenvalue weighted by molar-refractivity contribution is 7.47. The molecule has 0 amide bonds. The van der Waals surface area contributed by atoms with Crippen LogP contribution in [0, 0.1) is 0 Å². The largest absolute Gasteiger partial charge is 0.343 e. The Kier molecular flexibility index (Phi) is 2.50. The lowest BCUT2D eigenvalue weighted by Gasteiger charge is -1.93. The first-order chi connectivity index (χ1) is 4.70. The molecule has 1 atom stereocenters. The van der Waals surface area contributed by atoms with Gasteiger partial charge in [-0.05, 0) is 24.3 Å². The van der Waals surface area contributed by atoms with Crippen molar-refractivity contribution >= 4 is 24.9 Å². The highest BCUT2D eigenvalue weighted by Crippen LogP contribution is 2.14. The molecule has 1 aromatic carbocycles. The van der Waals surface area contributed by atoms with E-state index in [1.165, 1.54) is 0 Å². The Balaban J connectivity index is 3.00. The van der Waals surface area contributed by atoms with E-state index in [1.54, 1.807) is 24.3 Å². The molecule has 1 unspecified atom stereocenters. The highest BCUT2D eigenvalue weighted by atomic mass is 35.5. The summed E-state index contributed by atoms with van der Waals surface area (Å²) in [4.78, 5) is 8.62. The zero-order valence-electron chi connectivity index (χ0n) is 5.04. The van der Waals surface area contributed by atoms with E-state index in [2.05, 4.69) is 0 Å². The summed E-state index contributed by atoms with van der Waals surface area (Å²) in [5, 5.41) is 1.02. The summed E-state index contributed by atoms with van der Waals surface area (Å²) in [6.07, 6.45) is 0. The van der Waals surface area contributed by atoms with Crippen LogP contribution in [0.25, 0.3) is 0 Å². The van der Waals surface area contributed by atoms with Gasteiger partial charge in [0.05, 0.1) is 0 Å². The molecule has 0 aromatic heterocycles. The van der Waals surface area contributed by atoms with Gasteiger partial charge in [-0.3, -0.25) is 4.57 Å². The minimum atomic E-state index is -2.54. The van der Waals surface area contributed by atoms with Gasteiger partial charge >= 0.3 is 0 Å². The number of rotatable bonds is 1. The number of benzene rings is 1. The van der Waals surface area contributed by atoms with Crippen LogP contribution in [0.5, 0.6) is 0 Å². The molecule has 54 valence electrons. The second-order valence-corrected chi connectivity index (χ2v) is 3.44. The van der Waals surface area contributed by atoms with Gasteiger partial charge in [-0.1, -0.05) is 11.6 Å². The molecular weight excluding hydrogens is 170 g/mol. The smallest absolute Gasteiger partial charge is 0.218 e. The molecule has 0 saturated heterocycles. The fourth-order valence-corrected chi connectivity index (χ4v) is 1.17. The highest BCUT2D eigenvalue weighted by Gasteiger charge is 1.95. The monoisotopic (exact) mass is 176 g/mol. The first-order valence-electron chi connectivity index (χ1n) is 2.69. The molecule has 0 aliphatic carbocycles. The molecule has 0 fully saturated rings. The summed E-state index contributed by atoms with van der Waals surface area (Å²) >= 11 is 5.54. The minimum absolute atomic E-state index is 0.439. The van der Waals surface area contributed by atoms with Crippen LogP contribution in [0.1, 0.15) is 0 Å². The lowest BCUT2D eigenvalue weighted by Crippen LogP contribution is -1.92. The Morgan fingerprint density at radius 1 is 1.30 bits per heavy atom. The van der Waals surface area contributed by atoms with Gasteiger partial charge in [-0.2, -0.15) is 0 Å². The summed E-state index contributed by atoms with van der Waals surface area (Å²) < 4.78 is 10.5. The lowest BCUT2D eigenvalue weighted by molar-refractivity contribution is 0.513. The Bertz CT molecular complexity index is 244. The maximum Gasteiger partial charge on any atom is 0.218 e. The van der Waals surface area contributed by atoms with Crippen LogP contribution in [0.3, 0.4) is 0 Å². The maximum atomic E-state index is 10.5. The van der Waals surface area contributed by atoms with Crippen molar-refractivity contribution in [2.45, 2.75) is 0 Å². The summed E-state index contributed by atoms with van der Waals surface area (Å²) in [7, 11) is -2.54. The molecule has 0 bridgehead atoms. The third-order valence-electron chi connectivity index (χ3n) is 1.09. The molecule has 0 aliphatic heterocycles. The topological polar surface area (TPSA) is 37.3 Å². The van der Waals surface area contributed by atoms with Gasteiger partial charge in [-0.25, -0.2) is 0 Å². The van der Waals surface area contributed by atoms with Crippen molar-refractivity contribution in [3.05, 3.63) is 29.3 Å². The Morgan fingerprint density at radius 2 is 1.80 bits per heavy atom. The molecule has 4 heteroatoms. The number of hydrogen-bond donors (Lipinski definition) is 1. The van der Waals surface area contributed by atoms with E-state index in [1.807, 2.05) is 0 Å². The standard InChI is InChI=1S/C6H6ClO2P/c7-5-1-3-6(4-2-5)10(8)9/h1-4,10H,(H,8,9). The predicted octanol–water partition coefficient (Wildman–Crippen LogP) is 1.43. The second-order valence-electron chi connectivity index (χ2n) is 1.81. The van der Waals surface area contributed by atoms with Crippen molar-refractivity contribution in [3.63, 3.8) is 0 Å². The van der Waals surface area contributed by atoms with Gasteiger partial charge in [0.2, 0.25) is 8.03 Å². The number of halogens is 1. The van der Waals surface area contributed by atoms with Crippen LogP contribution in [0.2, 0.25) is 5.02 Å². The first-order valence-corrected chi connectivity index (χ1v) is 4.42. The molecule has 0 radical (unpaired) electrons. The van der Waals surface area contributed by atoms with Crippen LogP contribution in [-0.4, -0.2) is 4.89 Å². The Labute approximate surface area is 64.3 Å². The third-order valence-corrected chi connectivity index (χ3v) is 2.17. The summed E-state index contributed by atoms with van der Waals surface area (Å²) in [6, 6.07) is 6.28. The fraction of sp³-hybridized carbons (Fsp3) is 0. The molecule has 0 heterocycles. The van der Waals surface area contributed by atoms with Gasteiger partial charge < -0.3 is 4.89 Å². The van der Waals surface area contributed by atoms with Gasteiger partial charge in [-0.15, -0.1) is 0 Å². The van der Waals surface area contributed by atoms with Crippen LogP contribution < -0.4 is 5.30 Å². The van der Waals surface area contributed by atoms with Crippen LogP contribution >= 0.6 is 19.6 Å². The Hall–Kier alpha value is -0.300. The molecule has 0 saturated carbocycles. The van der Waals surface area contributed by atoms with Crippen LogP contribution in [0.15, 0.2) is 24.3 Å². The van der Waals surface area contributed by atoms with Gasteiger partial charge in [0.15, 0.2) is 0 Å². The van der Waals surface area contributed by atoms with Gasteiger partial charge in [0.25, 0.3) is 0 Å². The van der Waals surface area contributed by atoms with E-state index in [-0.39, 0.29) is 0 Å². The molecule has 10 heavy (non-hydrogen) atoms. The SMILES string of the molecule is O=[PH](O)c1ccc(Cl)cc1. The average Bonchev–Trinajstić information content (AvgIpc) is 1.88. The van der Waals surface area contributed by atoms with Crippen LogP contribution in [-0.2, 0) is 4.57 Å². The van der Waals surface area contributed by atoms with E-state index >= 15 is 0 Å². The van der Waals surface area contributed by atoms with Crippen molar-refractivity contribution in [2.24, 2.45) is 0 Å². The van der Waals surface area contributed by atoms with E-state index in [0.29, 0.717) is 10.3 Å². The van der Waals surface area contributed by atoms with E-state index in [0.717, 1.165) is 0 Å². The fourth-order valence-electron chi connectivity index (χ4n) is 0.592. The summed E-state index contributed by atoms with van der Waals surface area (Å²) in [6.45, 7) is 0. The van der Waals surface area contributed by atoms with Crippen molar-refractivity contribution in [1.82, 2.24) is 0 Å². The predicted molar refractivity (Wildman–Crippen MR) is 42.3 cm³/mol. The van der Waals surface area contributed by atoms with E-state index in [4.69, 9.17) is 16.5 Å². The quantitative estimate of drug-likeness (QED) is 0.658. The molecule has 2 nitrogen and oxygen atoms in total. The van der Waals surface area contributed by atoms with Crippen LogP contribution in [0.4, 0.5) is 0 Å². The van der Waals surface area contributed by atoms with Gasteiger partial charge in [0.1, 0.15) is 0 Å². The number of hydrogen-bond acceptors (Lipinski definition) is 1. The maximum absolute atomic E-state index is 10.5. The molecule has 1 rings (SSSR count). The van der Waals surface area contributed by atoms with Crippen molar-refractivity contribution < 1.29 is 9.46 Å².